The van der Waals surface area contributed by atoms with E-state index in [1.807, 2.05) is 6.92 Å². The SMILES string of the molecule is COCC(=O)N[C@@H](C)c1ccc(N2CCC(C)CC2)cc1. The topological polar surface area (TPSA) is 41.6 Å². The molecule has 1 aliphatic heterocycles. The Balaban J connectivity index is 1.93. The molecule has 0 aromatic heterocycles. The number of hydrogen-bond donors (Lipinski definition) is 1. The second kappa shape index (κ2) is 7.46. The number of rotatable bonds is 5. The number of amides is 1. The van der Waals surface area contributed by atoms with Crippen molar-refractivity contribution < 1.29 is 9.53 Å². The Morgan fingerprint density at radius 2 is 1.95 bits per heavy atom. The van der Waals surface area contributed by atoms with E-state index in [2.05, 4.69) is 41.4 Å². The van der Waals surface area contributed by atoms with Gasteiger partial charge in [-0.1, -0.05) is 19.1 Å². The smallest absolute Gasteiger partial charge is 0.246 e. The number of nitrogens with zero attached hydrogens (tertiary/aromatic N) is 1. The minimum atomic E-state index is -0.0842. The Kier molecular flexibility index (Phi) is 5.62. The first-order valence-corrected chi connectivity index (χ1v) is 7.73. The number of nitrogens with one attached hydrogen (secondary N) is 1. The third kappa shape index (κ3) is 4.46. The second-order valence-electron chi connectivity index (χ2n) is 5.98. The fraction of sp³-hybridized carbons (Fsp3) is 0.588. The van der Waals surface area contributed by atoms with E-state index in [-0.39, 0.29) is 18.6 Å². The van der Waals surface area contributed by atoms with Crippen LogP contribution in [0.1, 0.15) is 38.3 Å². The monoisotopic (exact) mass is 290 g/mol. The molecule has 21 heavy (non-hydrogen) atoms. The zero-order valence-electron chi connectivity index (χ0n) is 13.3. The highest BCUT2D eigenvalue weighted by Gasteiger charge is 2.16. The van der Waals surface area contributed by atoms with Crippen LogP contribution in [-0.2, 0) is 9.53 Å². The summed E-state index contributed by atoms with van der Waals surface area (Å²) in [4.78, 5) is 14.0. The molecular formula is C17H26N2O2. The van der Waals surface area contributed by atoms with Gasteiger partial charge in [0.15, 0.2) is 0 Å². The van der Waals surface area contributed by atoms with Crippen LogP contribution in [0.15, 0.2) is 24.3 Å². The lowest BCUT2D eigenvalue weighted by Gasteiger charge is -2.32. The Morgan fingerprint density at radius 1 is 1.33 bits per heavy atom. The van der Waals surface area contributed by atoms with E-state index >= 15 is 0 Å². The van der Waals surface area contributed by atoms with Crippen molar-refractivity contribution in [3.63, 3.8) is 0 Å². The number of benzene rings is 1. The van der Waals surface area contributed by atoms with Gasteiger partial charge in [-0.15, -0.1) is 0 Å². The van der Waals surface area contributed by atoms with Crippen molar-refractivity contribution in [1.29, 1.82) is 0 Å². The predicted octanol–water partition coefficient (Wildman–Crippen LogP) is 2.75. The van der Waals surface area contributed by atoms with E-state index in [4.69, 9.17) is 4.74 Å². The molecule has 1 fully saturated rings. The first kappa shape index (κ1) is 15.8. The van der Waals surface area contributed by atoms with Gasteiger partial charge in [-0.2, -0.15) is 0 Å². The lowest BCUT2D eigenvalue weighted by atomic mass is 9.98. The van der Waals surface area contributed by atoms with Gasteiger partial charge >= 0.3 is 0 Å². The summed E-state index contributed by atoms with van der Waals surface area (Å²) >= 11 is 0. The van der Waals surface area contributed by atoms with Gasteiger partial charge in [-0.25, -0.2) is 0 Å². The van der Waals surface area contributed by atoms with Gasteiger partial charge in [0, 0.05) is 25.9 Å². The second-order valence-corrected chi connectivity index (χ2v) is 5.98. The number of piperidine rings is 1. The summed E-state index contributed by atoms with van der Waals surface area (Å²) in [5.41, 5.74) is 2.40. The highest BCUT2D eigenvalue weighted by Crippen LogP contribution is 2.24. The summed E-state index contributed by atoms with van der Waals surface area (Å²) in [6, 6.07) is 8.52. The molecule has 1 N–H and O–H groups in total. The molecule has 0 aliphatic carbocycles. The molecule has 1 aromatic rings. The van der Waals surface area contributed by atoms with Gasteiger partial charge < -0.3 is 15.0 Å². The minimum absolute atomic E-state index is 0.00285. The van der Waals surface area contributed by atoms with Crippen LogP contribution in [0.25, 0.3) is 0 Å². The highest BCUT2D eigenvalue weighted by molar-refractivity contribution is 5.77. The van der Waals surface area contributed by atoms with Crippen molar-refractivity contribution >= 4 is 11.6 Å². The predicted molar refractivity (Wildman–Crippen MR) is 85.5 cm³/mol. The van der Waals surface area contributed by atoms with Crippen molar-refractivity contribution in [2.45, 2.75) is 32.7 Å². The summed E-state index contributed by atoms with van der Waals surface area (Å²) < 4.78 is 4.83. The first-order chi connectivity index (χ1) is 10.1. The maximum atomic E-state index is 11.5. The summed E-state index contributed by atoms with van der Waals surface area (Å²) in [5.74, 6) is 0.760. The van der Waals surface area contributed by atoms with Crippen LogP contribution in [0.2, 0.25) is 0 Å². The zero-order chi connectivity index (χ0) is 15.2. The quantitative estimate of drug-likeness (QED) is 0.906. The molecule has 0 saturated carbocycles. The van der Waals surface area contributed by atoms with E-state index < -0.39 is 0 Å². The number of anilines is 1. The fourth-order valence-electron chi connectivity index (χ4n) is 2.74. The van der Waals surface area contributed by atoms with Crippen LogP contribution in [0.4, 0.5) is 5.69 Å². The molecule has 1 atom stereocenters. The molecule has 4 nitrogen and oxygen atoms in total. The van der Waals surface area contributed by atoms with Crippen LogP contribution in [0, 0.1) is 5.92 Å². The fourth-order valence-corrected chi connectivity index (χ4v) is 2.74. The highest BCUT2D eigenvalue weighted by atomic mass is 16.5. The van der Waals surface area contributed by atoms with Crippen LogP contribution >= 0.6 is 0 Å². The Morgan fingerprint density at radius 3 is 2.52 bits per heavy atom. The number of hydrogen-bond acceptors (Lipinski definition) is 3. The normalized spacial score (nSPS) is 17.6. The maximum absolute atomic E-state index is 11.5. The van der Waals surface area contributed by atoms with E-state index in [1.165, 1.54) is 25.6 Å². The summed E-state index contributed by atoms with van der Waals surface area (Å²) in [6.07, 6.45) is 2.54. The third-order valence-electron chi connectivity index (χ3n) is 4.19. The van der Waals surface area contributed by atoms with Gasteiger partial charge in [0.25, 0.3) is 0 Å². The molecule has 4 heteroatoms. The van der Waals surface area contributed by atoms with Gasteiger partial charge in [0.1, 0.15) is 6.61 Å². The van der Waals surface area contributed by atoms with Gasteiger partial charge in [0.05, 0.1) is 6.04 Å². The molecule has 116 valence electrons. The summed E-state index contributed by atoms with van der Waals surface area (Å²) in [6.45, 7) is 6.70. The van der Waals surface area contributed by atoms with Crippen LogP contribution in [-0.4, -0.2) is 32.7 Å². The van der Waals surface area contributed by atoms with E-state index in [0.29, 0.717) is 0 Å². The average molecular weight is 290 g/mol. The van der Waals surface area contributed by atoms with E-state index in [9.17, 15) is 4.79 Å². The lowest BCUT2D eigenvalue weighted by Crippen LogP contribution is -2.32. The zero-order valence-corrected chi connectivity index (χ0v) is 13.3. The van der Waals surface area contributed by atoms with Crippen LogP contribution < -0.4 is 10.2 Å². The summed E-state index contributed by atoms with van der Waals surface area (Å²) in [7, 11) is 1.53. The summed E-state index contributed by atoms with van der Waals surface area (Å²) in [5, 5.41) is 2.92. The van der Waals surface area contributed by atoms with Gasteiger partial charge in [-0.05, 0) is 43.4 Å². The molecule has 0 bridgehead atoms. The van der Waals surface area contributed by atoms with Gasteiger partial charge in [-0.3, -0.25) is 4.79 Å². The molecule has 1 heterocycles. The number of methoxy groups -OCH3 is 1. The van der Waals surface area contributed by atoms with Crippen molar-refractivity contribution in [3.8, 4) is 0 Å². The van der Waals surface area contributed by atoms with Crippen molar-refractivity contribution in [2.24, 2.45) is 5.92 Å². The molecule has 2 rings (SSSR count). The number of ether oxygens (including phenoxy) is 1. The lowest BCUT2D eigenvalue weighted by molar-refractivity contribution is -0.125. The van der Waals surface area contributed by atoms with Crippen LogP contribution in [0.5, 0.6) is 0 Å². The largest absolute Gasteiger partial charge is 0.375 e. The molecule has 1 amide bonds. The standard InChI is InChI=1S/C17H26N2O2/c1-13-8-10-19(11-9-13)16-6-4-15(5-7-16)14(2)18-17(20)12-21-3/h4-7,13-14H,8-12H2,1-3H3,(H,18,20)/t14-/m0/s1. The number of carbonyl (C=O) groups excluding carboxylic acids is 1. The van der Waals surface area contributed by atoms with Crippen molar-refractivity contribution in [1.82, 2.24) is 5.32 Å². The third-order valence-corrected chi connectivity index (χ3v) is 4.19. The minimum Gasteiger partial charge on any atom is -0.375 e. The van der Waals surface area contributed by atoms with Gasteiger partial charge in [0.2, 0.25) is 5.91 Å². The molecule has 1 saturated heterocycles. The Hall–Kier alpha value is -1.55. The molecule has 1 aliphatic rings. The van der Waals surface area contributed by atoms with E-state index in [0.717, 1.165) is 24.6 Å². The van der Waals surface area contributed by atoms with Crippen molar-refractivity contribution in [2.75, 3.05) is 31.7 Å². The average Bonchev–Trinajstić information content (AvgIpc) is 2.48. The molecule has 0 radical (unpaired) electrons. The van der Waals surface area contributed by atoms with Crippen molar-refractivity contribution in [3.05, 3.63) is 29.8 Å². The Labute approximate surface area is 127 Å². The maximum Gasteiger partial charge on any atom is 0.246 e. The Bertz CT molecular complexity index is 450. The first-order valence-electron chi connectivity index (χ1n) is 7.73. The molecule has 0 unspecified atom stereocenters. The van der Waals surface area contributed by atoms with Crippen LogP contribution in [0.3, 0.4) is 0 Å². The molecular weight excluding hydrogens is 264 g/mol. The molecule has 1 aromatic carbocycles. The van der Waals surface area contributed by atoms with E-state index in [1.54, 1.807) is 0 Å². The molecule has 0 spiro atoms. The number of carbonyl (C=O) groups is 1.